The third-order valence-corrected chi connectivity index (χ3v) is 6.70. The molecule has 1 atom stereocenters. The maximum absolute atomic E-state index is 13.0. The first-order valence-corrected chi connectivity index (χ1v) is 11.6. The summed E-state index contributed by atoms with van der Waals surface area (Å²) in [4.78, 5) is 38.3. The molecule has 0 radical (unpaired) electrons. The number of benzene rings is 1. The molecule has 2 aliphatic heterocycles. The Balaban J connectivity index is 1.32. The topological polar surface area (TPSA) is 99.7 Å². The molecule has 2 aliphatic rings. The highest BCUT2D eigenvalue weighted by molar-refractivity contribution is 7.14. The van der Waals surface area contributed by atoms with Gasteiger partial charge in [0.15, 0.2) is 5.13 Å². The Labute approximate surface area is 195 Å². The number of hydrogen-bond donors (Lipinski definition) is 2. The lowest BCUT2D eigenvalue weighted by atomic mass is 10.1. The molecule has 5 rings (SSSR count). The fourth-order valence-electron chi connectivity index (χ4n) is 4.15. The summed E-state index contributed by atoms with van der Waals surface area (Å²) in [6.07, 6.45) is 3.38. The molecule has 9 nitrogen and oxygen atoms in total. The van der Waals surface area contributed by atoms with Crippen molar-refractivity contribution >= 4 is 39.7 Å². The highest BCUT2D eigenvalue weighted by atomic mass is 32.1. The number of anilines is 3. The van der Waals surface area contributed by atoms with E-state index in [1.165, 1.54) is 11.3 Å². The summed E-state index contributed by atoms with van der Waals surface area (Å²) in [6, 6.07) is 7.72. The Hall–Kier alpha value is -3.50. The number of methoxy groups -OCH3 is 1. The average Bonchev–Trinajstić information content (AvgIpc) is 3.44. The molecular formula is C23H24N6O3S. The number of hydrogen-bond acceptors (Lipinski definition) is 8. The summed E-state index contributed by atoms with van der Waals surface area (Å²) < 4.78 is 5.23. The zero-order valence-corrected chi connectivity index (χ0v) is 19.2. The molecule has 2 amide bonds. The van der Waals surface area contributed by atoms with Crippen molar-refractivity contribution in [3.63, 3.8) is 0 Å². The van der Waals surface area contributed by atoms with Gasteiger partial charge in [-0.1, -0.05) is 6.07 Å². The van der Waals surface area contributed by atoms with Crippen molar-refractivity contribution in [2.75, 3.05) is 41.9 Å². The Morgan fingerprint density at radius 3 is 3.03 bits per heavy atom. The zero-order valence-electron chi connectivity index (χ0n) is 18.4. The van der Waals surface area contributed by atoms with Crippen LogP contribution in [0.5, 0.6) is 5.75 Å². The first-order chi connectivity index (χ1) is 16.0. The predicted octanol–water partition coefficient (Wildman–Crippen LogP) is 2.76. The molecule has 10 heteroatoms. The number of carbonyl (C=O) groups is 2. The summed E-state index contributed by atoms with van der Waals surface area (Å²) >= 11 is 1.27. The van der Waals surface area contributed by atoms with Gasteiger partial charge < -0.3 is 20.3 Å². The molecule has 1 fully saturated rings. The quantitative estimate of drug-likeness (QED) is 0.599. The van der Waals surface area contributed by atoms with Crippen LogP contribution in [0, 0.1) is 0 Å². The molecule has 0 aliphatic carbocycles. The molecule has 33 heavy (non-hydrogen) atoms. The van der Waals surface area contributed by atoms with Gasteiger partial charge in [-0.25, -0.2) is 4.98 Å². The Kier molecular flexibility index (Phi) is 5.69. The van der Waals surface area contributed by atoms with Crippen LogP contribution >= 0.6 is 11.3 Å². The normalized spacial score (nSPS) is 17.8. The van der Waals surface area contributed by atoms with Crippen molar-refractivity contribution in [1.29, 1.82) is 0 Å². The maximum atomic E-state index is 13.0. The molecular weight excluding hydrogens is 440 g/mol. The lowest BCUT2D eigenvalue weighted by molar-refractivity contribution is 0.0991. The van der Waals surface area contributed by atoms with E-state index in [2.05, 4.69) is 32.4 Å². The largest absolute Gasteiger partial charge is 0.497 e. The third-order valence-electron chi connectivity index (χ3n) is 5.83. The van der Waals surface area contributed by atoms with Gasteiger partial charge in [0, 0.05) is 42.8 Å². The summed E-state index contributed by atoms with van der Waals surface area (Å²) in [5.74, 6) is 0.155. The van der Waals surface area contributed by atoms with E-state index in [1.54, 1.807) is 35.8 Å². The van der Waals surface area contributed by atoms with E-state index in [9.17, 15) is 9.59 Å². The van der Waals surface area contributed by atoms with Crippen molar-refractivity contribution in [3.05, 3.63) is 58.9 Å². The molecule has 2 aromatic heterocycles. The molecule has 0 saturated carbocycles. The van der Waals surface area contributed by atoms with Crippen LogP contribution in [0.15, 0.2) is 42.0 Å². The highest BCUT2D eigenvalue weighted by Gasteiger charge is 2.31. The van der Waals surface area contributed by atoms with Gasteiger partial charge in [-0.05, 0) is 30.7 Å². The van der Waals surface area contributed by atoms with Gasteiger partial charge >= 0.3 is 0 Å². The van der Waals surface area contributed by atoms with Crippen molar-refractivity contribution < 1.29 is 14.3 Å². The number of rotatable bonds is 5. The third kappa shape index (κ3) is 4.14. The molecule has 0 unspecified atom stereocenters. The number of nitrogens with zero attached hydrogens (tertiary/aromatic N) is 4. The van der Waals surface area contributed by atoms with Crippen LogP contribution < -0.4 is 25.2 Å². The number of thiazole rings is 1. The molecule has 2 N–H and O–H groups in total. The van der Waals surface area contributed by atoms with Gasteiger partial charge in [0.25, 0.3) is 11.8 Å². The maximum Gasteiger partial charge on any atom is 0.275 e. The van der Waals surface area contributed by atoms with Gasteiger partial charge in [0.2, 0.25) is 0 Å². The van der Waals surface area contributed by atoms with Gasteiger partial charge in [-0.15, -0.1) is 11.3 Å². The SMILES string of the molecule is COc1ccc2c(c1)C(=O)N(c1nc(C(=O)Nc3cnccc3N3CCN[C@@H](C)C3)cs1)C2. The number of pyridine rings is 1. The predicted molar refractivity (Wildman–Crippen MR) is 127 cm³/mol. The fraction of sp³-hybridized carbons (Fsp3) is 0.304. The minimum atomic E-state index is -0.333. The summed E-state index contributed by atoms with van der Waals surface area (Å²) in [5.41, 5.74) is 3.34. The molecule has 170 valence electrons. The van der Waals surface area contributed by atoms with Crippen LogP contribution in [0.3, 0.4) is 0 Å². The number of aromatic nitrogens is 2. The van der Waals surface area contributed by atoms with E-state index in [1.807, 2.05) is 18.2 Å². The highest BCUT2D eigenvalue weighted by Crippen LogP contribution is 2.33. The van der Waals surface area contributed by atoms with Crippen LogP contribution in [0.1, 0.15) is 33.3 Å². The summed E-state index contributed by atoms with van der Waals surface area (Å²) in [6.45, 7) is 5.12. The number of carbonyl (C=O) groups excluding carboxylic acids is 2. The lowest BCUT2D eigenvalue weighted by Crippen LogP contribution is -2.49. The standard InChI is InChI=1S/C23H24N6O3S/c1-14-11-28(8-7-25-14)20-5-6-24-10-18(20)26-21(30)19-13-33-23(27-19)29-12-15-3-4-16(32-2)9-17(15)22(29)31/h3-6,9-10,13-14,25H,7-8,11-12H2,1-2H3,(H,26,30)/t14-/m0/s1. The van der Waals surface area contributed by atoms with Crippen molar-refractivity contribution in [2.45, 2.75) is 19.5 Å². The average molecular weight is 465 g/mol. The van der Waals surface area contributed by atoms with E-state index in [0.29, 0.717) is 34.7 Å². The van der Waals surface area contributed by atoms with E-state index in [-0.39, 0.29) is 17.5 Å². The van der Waals surface area contributed by atoms with Crippen molar-refractivity contribution in [3.8, 4) is 5.75 Å². The van der Waals surface area contributed by atoms with Crippen molar-refractivity contribution in [2.24, 2.45) is 0 Å². The van der Waals surface area contributed by atoms with Gasteiger partial charge in [0.1, 0.15) is 11.4 Å². The summed E-state index contributed by atoms with van der Waals surface area (Å²) in [7, 11) is 1.57. The number of amides is 2. The van der Waals surface area contributed by atoms with Crippen LogP contribution in [0.2, 0.25) is 0 Å². The lowest BCUT2D eigenvalue weighted by Gasteiger charge is -2.34. The Bertz CT molecular complexity index is 1210. The van der Waals surface area contributed by atoms with Crippen LogP contribution in [-0.4, -0.2) is 54.6 Å². The van der Waals surface area contributed by atoms with Crippen LogP contribution in [0.25, 0.3) is 0 Å². The van der Waals surface area contributed by atoms with Gasteiger partial charge in [-0.3, -0.25) is 19.5 Å². The smallest absolute Gasteiger partial charge is 0.275 e. The molecule has 4 heterocycles. The van der Waals surface area contributed by atoms with E-state index >= 15 is 0 Å². The molecule has 1 aromatic carbocycles. The number of fused-ring (bicyclic) bond motifs is 1. The number of ether oxygens (including phenoxy) is 1. The molecule has 0 bridgehead atoms. The van der Waals surface area contributed by atoms with Gasteiger partial charge in [0.05, 0.1) is 31.2 Å². The van der Waals surface area contributed by atoms with E-state index in [0.717, 1.165) is 30.9 Å². The second-order valence-electron chi connectivity index (χ2n) is 8.08. The first-order valence-electron chi connectivity index (χ1n) is 10.7. The van der Waals surface area contributed by atoms with Gasteiger partial charge in [-0.2, -0.15) is 0 Å². The molecule has 0 spiro atoms. The summed E-state index contributed by atoms with van der Waals surface area (Å²) in [5, 5.41) is 8.53. The minimum Gasteiger partial charge on any atom is -0.497 e. The molecule has 1 saturated heterocycles. The minimum absolute atomic E-state index is 0.146. The molecule has 3 aromatic rings. The monoisotopic (exact) mass is 464 g/mol. The first kappa shape index (κ1) is 21.4. The van der Waals surface area contributed by atoms with Crippen molar-refractivity contribution in [1.82, 2.24) is 15.3 Å². The fourth-order valence-corrected chi connectivity index (χ4v) is 4.95. The Morgan fingerprint density at radius 1 is 1.33 bits per heavy atom. The van der Waals surface area contributed by atoms with Crippen LogP contribution in [-0.2, 0) is 6.54 Å². The van der Waals surface area contributed by atoms with Crippen LogP contribution in [0.4, 0.5) is 16.5 Å². The number of nitrogens with one attached hydrogen (secondary N) is 2. The number of piperazine rings is 1. The van der Waals surface area contributed by atoms with E-state index < -0.39 is 0 Å². The Morgan fingerprint density at radius 2 is 2.21 bits per heavy atom. The second kappa shape index (κ2) is 8.80. The van der Waals surface area contributed by atoms with E-state index in [4.69, 9.17) is 4.74 Å². The second-order valence-corrected chi connectivity index (χ2v) is 8.91. The zero-order chi connectivity index (χ0) is 22.9.